The molecule has 0 aliphatic heterocycles. The second-order valence-corrected chi connectivity index (χ2v) is 5.34. The predicted octanol–water partition coefficient (Wildman–Crippen LogP) is 3.31. The number of ether oxygens (including phenoxy) is 3. The van der Waals surface area contributed by atoms with E-state index in [0.717, 1.165) is 11.1 Å². The first-order valence-electron chi connectivity index (χ1n) is 7.95. The monoisotopic (exact) mass is 328 g/mol. The molecule has 2 aromatic carbocycles. The zero-order valence-electron chi connectivity index (χ0n) is 13.9. The smallest absolute Gasteiger partial charge is 0.111 e. The van der Waals surface area contributed by atoms with Crippen LogP contribution in [-0.4, -0.2) is 31.0 Å². The molecule has 2 atom stereocenters. The van der Waals surface area contributed by atoms with Crippen LogP contribution in [0, 0.1) is 0 Å². The molecule has 0 fully saturated rings. The van der Waals surface area contributed by atoms with Gasteiger partial charge in [-0.2, -0.15) is 0 Å². The molecule has 0 aromatic heterocycles. The third-order valence-electron chi connectivity index (χ3n) is 3.54. The maximum Gasteiger partial charge on any atom is 0.111 e. The molecule has 2 rings (SSSR count). The molecular formula is C20H24O4. The Kier molecular flexibility index (Phi) is 8.04. The Bertz CT molecular complexity index is 583. The molecule has 0 aliphatic rings. The summed E-state index contributed by atoms with van der Waals surface area (Å²) in [6.45, 7) is 0.711. The Morgan fingerprint density at radius 1 is 0.875 bits per heavy atom. The summed E-state index contributed by atoms with van der Waals surface area (Å²) in [5, 5.41) is 9.69. The molecule has 0 amide bonds. The van der Waals surface area contributed by atoms with E-state index in [4.69, 9.17) is 14.2 Å². The van der Waals surface area contributed by atoms with E-state index in [1.54, 1.807) is 19.4 Å². The predicted molar refractivity (Wildman–Crippen MR) is 93.3 cm³/mol. The highest BCUT2D eigenvalue weighted by atomic mass is 16.5. The lowest BCUT2D eigenvalue weighted by Crippen LogP contribution is -2.33. The molecule has 0 unspecified atom stereocenters. The molecule has 0 heterocycles. The zero-order valence-corrected chi connectivity index (χ0v) is 13.9. The van der Waals surface area contributed by atoms with Crippen LogP contribution < -0.4 is 0 Å². The van der Waals surface area contributed by atoms with Crippen molar-refractivity contribution in [1.29, 1.82) is 0 Å². The van der Waals surface area contributed by atoms with E-state index in [9.17, 15) is 5.11 Å². The summed E-state index contributed by atoms with van der Waals surface area (Å²) in [7, 11) is 1.57. The van der Waals surface area contributed by atoms with E-state index in [0.29, 0.717) is 13.2 Å². The highest BCUT2D eigenvalue weighted by molar-refractivity contribution is 5.14. The summed E-state index contributed by atoms with van der Waals surface area (Å²) in [6, 6.07) is 19.7. The average molecular weight is 328 g/mol. The largest absolute Gasteiger partial charge is 0.505 e. The molecule has 0 radical (unpaired) electrons. The second kappa shape index (κ2) is 10.6. The van der Waals surface area contributed by atoms with Gasteiger partial charge in [-0.1, -0.05) is 60.7 Å². The maximum absolute atomic E-state index is 9.69. The van der Waals surface area contributed by atoms with Crippen LogP contribution in [0.1, 0.15) is 11.1 Å². The quantitative estimate of drug-likeness (QED) is 0.680. The van der Waals surface area contributed by atoms with Gasteiger partial charge in [-0.05, 0) is 17.2 Å². The SMILES string of the molecule is CO/C=C/[C@@H](OCc1ccccc1)[C@@H](CO)OCc1ccccc1. The lowest BCUT2D eigenvalue weighted by atomic mass is 10.2. The van der Waals surface area contributed by atoms with Gasteiger partial charge < -0.3 is 19.3 Å². The lowest BCUT2D eigenvalue weighted by Gasteiger charge is -2.24. The molecule has 2 aromatic rings. The van der Waals surface area contributed by atoms with Crippen LogP contribution in [0.2, 0.25) is 0 Å². The van der Waals surface area contributed by atoms with Crippen LogP contribution >= 0.6 is 0 Å². The molecule has 4 nitrogen and oxygen atoms in total. The lowest BCUT2D eigenvalue weighted by molar-refractivity contribution is -0.0852. The van der Waals surface area contributed by atoms with E-state index in [2.05, 4.69) is 0 Å². The van der Waals surface area contributed by atoms with Crippen molar-refractivity contribution in [2.24, 2.45) is 0 Å². The second-order valence-electron chi connectivity index (χ2n) is 5.34. The van der Waals surface area contributed by atoms with Crippen LogP contribution in [0.5, 0.6) is 0 Å². The first-order valence-corrected chi connectivity index (χ1v) is 7.95. The third-order valence-corrected chi connectivity index (χ3v) is 3.54. The first-order chi connectivity index (χ1) is 11.8. The normalized spacial score (nSPS) is 13.8. The summed E-state index contributed by atoms with van der Waals surface area (Å²) < 4.78 is 16.7. The first kappa shape index (κ1) is 18.2. The Labute approximate surface area is 143 Å². The minimum atomic E-state index is -0.472. The van der Waals surface area contributed by atoms with Gasteiger partial charge in [-0.3, -0.25) is 0 Å². The number of benzene rings is 2. The number of aliphatic hydroxyl groups excluding tert-OH is 1. The molecule has 1 N–H and O–H groups in total. The van der Waals surface area contributed by atoms with Crippen LogP contribution in [0.3, 0.4) is 0 Å². The fourth-order valence-electron chi connectivity index (χ4n) is 2.24. The van der Waals surface area contributed by atoms with Gasteiger partial charge in [0.05, 0.1) is 33.2 Å². The van der Waals surface area contributed by atoms with Crippen LogP contribution in [0.4, 0.5) is 0 Å². The van der Waals surface area contributed by atoms with E-state index >= 15 is 0 Å². The van der Waals surface area contributed by atoms with Gasteiger partial charge in [0.1, 0.15) is 12.2 Å². The fourth-order valence-corrected chi connectivity index (χ4v) is 2.24. The summed E-state index contributed by atoms with van der Waals surface area (Å²) in [5.74, 6) is 0. The van der Waals surface area contributed by atoms with Crippen molar-refractivity contribution in [2.45, 2.75) is 25.4 Å². The molecule has 24 heavy (non-hydrogen) atoms. The number of rotatable bonds is 10. The van der Waals surface area contributed by atoms with Crippen LogP contribution in [0.25, 0.3) is 0 Å². The number of hydrogen-bond acceptors (Lipinski definition) is 4. The molecule has 0 saturated heterocycles. The number of hydrogen-bond donors (Lipinski definition) is 1. The van der Waals surface area contributed by atoms with E-state index in [1.165, 1.54) is 0 Å². The molecule has 0 spiro atoms. The number of methoxy groups -OCH3 is 1. The zero-order chi connectivity index (χ0) is 17.0. The van der Waals surface area contributed by atoms with Gasteiger partial charge >= 0.3 is 0 Å². The van der Waals surface area contributed by atoms with Gasteiger partial charge in [0, 0.05) is 0 Å². The molecule has 128 valence electrons. The van der Waals surface area contributed by atoms with Crippen molar-refractivity contribution in [1.82, 2.24) is 0 Å². The van der Waals surface area contributed by atoms with Crippen molar-refractivity contribution in [2.75, 3.05) is 13.7 Å². The molecule has 0 aliphatic carbocycles. The van der Waals surface area contributed by atoms with E-state index in [1.807, 2.05) is 60.7 Å². The van der Waals surface area contributed by atoms with Crippen LogP contribution in [-0.2, 0) is 27.4 Å². The molecule has 4 heteroatoms. The van der Waals surface area contributed by atoms with Gasteiger partial charge in [0.2, 0.25) is 0 Å². The summed E-state index contributed by atoms with van der Waals surface area (Å²) in [6.07, 6.45) is 2.43. The van der Waals surface area contributed by atoms with E-state index in [-0.39, 0.29) is 6.61 Å². The topological polar surface area (TPSA) is 47.9 Å². The Hall–Kier alpha value is -2.14. The van der Waals surface area contributed by atoms with Gasteiger partial charge in [-0.15, -0.1) is 0 Å². The summed E-state index contributed by atoms with van der Waals surface area (Å²) in [5.41, 5.74) is 2.11. The van der Waals surface area contributed by atoms with Crippen molar-refractivity contribution in [3.8, 4) is 0 Å². The fraction of sp³-hybridized carbons (Fsp3) is 0.300. The highest BCUT2D eigenvalue weighted by Crippen LogP contribution is 2.13. The van der Waals surface area contributed by atoms with Crippen molar-refractivity contribution in [3.63, 3.8) is 0 Å². The van der Waals surface area contributed by atoms with Gasteiger partial charge in [-0.25, -0.2) is 0 Å². The Morgan fingerprint density at radius 2 is 1.42 bits per heavy atom. The Morgan fingerprint density at radius 3 is 1.92 bits per heavy atom. The van der Waals surface area contributed by atoms with E-state index < -0.39 is 12.2 Å². The van der Waals surface area contributed by atoms with Crippen molar-refractivity contribution >= 4 is 0 Å². The summed E-state index contributed by atoms with van der Waals surface area (Å²) in [4.78, 5) is 0. The Balaban J connectivity index is 1.96. The molecular weight excluding hydrogens is 304 g/mol. The number of aliphatic hydroxyl groups is 1. The van der Waals surface area contributed by atoms with Crippen LogP contribution in [0.15, 0.2) is 73.0 Å². The van der Waals surface area contributed by atoms with Crippen molar-refractivity contribution < 1.29 is 19.3 Å². The highest BCUT2D eigenvalue weighted by Gasteiger charge is 2.20. The van der Waals surface area contributed by atoms with Gasteiger partial charge in [0.25, 0.3) is 0 Å². The maximum atomic E-state index is 9.69. The molecule has 0 bridgehead atoms. The molecule has 0 saturated carbocycles. The third kappa shape index (κ3) is 6.16. The minimum absolute atomic E-state index is 0.139. The standard InChI is InChI=1S/C20H24O4/c1-22-13-12-19(23-15-17-8-4-2-5-9-17)20(14-21)24-16-18-10-6-3-7-11-18/h2-13,19-21H,14-16H2,1H3/b13-12+/t19-,20-/m1/s1. The van der Waals surface area contributed by atoms with Crippen molar-refractivity contribution in [3.05, 3.63) is 84.1 Å². The van der Waals surface area contributed by atoms with Gasteiger partial charge in [0.15, 0.2) is 0 Å². The summed E-state index contributed by atoms with van der Waals surface area (Å²) >= 11 is 0. The minimum Gasteiger partial charge on any atom is -0.505 e. The average Bonchev–Trinajstić information content (AvgIpc) is 2.65.